The minimum Gasteiger partial charge on any atom is -0.380 e. The summed E-state index contributed by atoms with van der Waals surface area (Å²) in [4.78, 5) is 31.6. The first-order valence-electron chi connectivity index (χ1n) is 13.9. The standard InChI is InChI=1S/C29H37N5O2S/c35-29(34-14-6-7-15-34)26-24(23-8-2-1-3-9-23)25-27(30-21-31-28(25)37-26)33-16-10-22(11-17-33)20-36-19-18-32-12-4-5-13-32/h1-3,8-9,21-22H,4-7,10-20H2. The lowest BCUT2D eigenvalue weighted by Gasteiger charge is -2.33. The summed E-state index contributed by atoms with van der Waals surface area (Å²) in [5.41, 5.74) is 2.06. The van der Waals surface area contributed by atoms with Gasteiger partial charge in [0.15, 0.2) is 0 Å². The number of thiophene rings is 1. The van der Waals surface area contributed by atoms with E-state index >= 15 is 0 Å². The zero-order chi connectivity index (χ0) is 25.0. The number of amides is 1. The monoisotopic (exact) mass is 519 g/mol. The molecule has 6 rings (SSSR count). The number of aromatic nitrogens is 2. The Labute approximate surface area is 223 Å². The van der Waals surface area contributed by atoms with Crippen LogP contribution in [0.2, 0.25) is 0 Å². The van der Waals surface area contributed by atoms with Crippen LogP contribution in [0.3, 0.4) is 0 Å². The third-order valence-corrected chi connectivity index (χ3v) is 9.22. The lowest BCUT2D eigenvalue weighted by molar-refractivity contribution is 0.0753. The van der Waals surface area contributed by atoms with E-state index in [0.29, 0.717) is 5.92 Å². The Morgan fingerprint density at radius 3 is 2.43 bits per heavy atom. The van der Waals surface area contributed by atoms with Crippen LogP contribution in [0.25, 0.3) is 21.3 Å². The zero-order valence-electron chi connectivity index (χ0n) is 21.6. The molecule has 0 aliphatic carbocycles. The normalized spacial score (nSPS) is 19.4. The largest absolute Gasteiger partial charge is 0.380 e. The third-order valence-electron chi connectivity index (χ3n) is 8.14. The van der Waals surface area contributed by atoms with E-state index in [-0.39, 0.29) is 5.91 Å². The van der Waals surface area contributed by atoms with Crippen molar-refractivity contribution in [1.82, 2.24) is 19.8 Å². The van der Waals surface area contributed by atoms with Gasteiger partial charge in [-0.05, 0) is 63.1 Å². The van der Waals surface area contributed by atoms with Gasteiger partial charge in [-0.1, -0.05) is 30.3 Å². The van der Waals surface area contributed by atoms with E-state index < -0.39 is 0 Å². The molecule has 196 valence electrons. The van der Waals surface area contributed by atoms with Gasteiger partial charge in [-0.3, -0.25) is 4.79 Å². The van der Waals surface area contributed by atoms with Crippen molar-refractivity contribution in [3.8, 4) is 11.1 Å². The van der Waals surface area contributed by atoms with Crippen LogP contribution in [0.1, 0.15) is 48.2 Å². The number of carbonyl (C=O) groups is 1. The Hall–Kier alpha value is -2.55. The van der Waals surface area contributed by atoms with Crippen LogP contribution in [-0.4, -0.2) is 84.7 Å². The van der Waals surface area contributed by atoms with Crippen molar-refractivity contribution in [3.05, 3.63) is 41.5 Å². The molecule has 8 heteroatoms. The van der Waals surface area contributed by atoms with Gasteiger partial charge in [-0.25, -0.2) is 9.97 Å². The maximum Gasteiger partial charge on any atom is 0.264 e. The fraction of sp³-hybridized carbons (Fsp3) is 0.552. The Balaban J connectivity index is 1.21. The van der Waals surface area contributed by atoms with E-state index in [2.05, 4.69) is 26.9 Å². The molecule has 0 N–H and O–H groups in total. The fourth-order valence-corrected chi connectivity index (χ4v) is 7.14. The molecule has 3 saturated heterocycles. The van der Waals surface area contributed by atoms with E-state index in [1.54, 1.807) is 6.33 Å². The molecule has 0 spiro atoms. The van der Waals surface area contributed by atoms with Crippen LogP contribution in [-0.2, 0) is 4.74 Å². The molecule has 3 aliphatic rings. The average molecular weight is 520 g/mol. The van der Waals surface area contributed by atoms with Crippen LogP contribution in [0, 0.1) is 5.92 Å². The molecule has 0 atom stereocenters. The van der Waals surface area contributed by atoms with Crippen LogP contribution in [0.5, 0.6) is 0 Å². The van der Waals surface area contributed by atoms with Crippen molar-refractivity contribution in [2.45, 2.75) is 38.5 Å². The van der Waals surface area contributed by atoms with E-state index in [9.17, 15) is 4.79 Å². The van der Waals surface area contributed by atoms with Gasteiger partial charge in [0.25, 0.3) is 5.91 Å². The van der Waals surface area contributed by atoms with Gasteiger partial charge < -0.3 is 19.4 Å². The Morgan fingerprint density at radius 1 is 0.946 bits per heavy atom. The quantitative estimate of drug-likeness (QED) is 0.394. The number of hydrogen-bond donors (Lipinski definition) is 0. The second kappa shape index (κ2) is 11.5. The molecular formula is C29H37N5O2S. The molecule has 3 aliphatic heterocycles. The SMILES string of the molecule is O=C(c1sc2ncnc(N3CCC(COCCN4CCCC4)CC3)c2c1-c1ccccc1)N1CCCC1. The molecule has 0 radical (unpaired) electrons. The number of fused-ring (bicyclic) bond motifs is 1. The number of rotatable bonds is 8. The second-order valence-electron chi connectivity index (χ2n) is 10.6. The Bertz CT molecular complexity index is 1200. The molecule has 1 aromatic carbocycles. The van der Waals surface area contributed by atoms with Crippen LogP contribution in [0.4, 0.5) is 5.82 Å². The van der Waals surface area contributed by atoms with E-state index in [0.717, 1.165) is 104 Å². The number of benzene rings is 1. The highest BCUT2D eigenvalue weighted by atomic mass is 32.1. The summed E-state index contributed by atoms with van der Waals surface area (Å²) in [6.07, 6.45) is 8.69. The predicted octanol–water partition coefficient (Wildman–Crippen LogP) is 4.92. The smallest absolute Gasteiger partial charge is 0.264 e. The number of nitrogens with zero attached hydrogens (tertiary/aromatic N) is 5. The topological polar surface area (TPSA) is 61.8 Å². The summed E-state index contributed by atoms with van der Waals surface area (Å²) < 4.78 is 6.08. The summed E-state index contributed by atoms with van der Waals surface area (Å²) in [6.45, 7) is 8.80. The predicted molar refractivity (Wildman–Crippen MR) is 149 cm³/mol. The highest BCUT2D eigenvalue weighted by Gasteiger charge is 2.30. The lowest BCUT2D eigenvalue weighted by Crippen LogP contribution is -2.36. The molecule has 3 aromatic rings. The first-order valence-corrected chi connectivity index (χ1v) is 14.8. The van der Waals surface area contributed by atoms with E-state index in [4.69, 9.17) is 9.72 Å². The molecule has 0 bridgehead atoms. The molecule has 3 fully saturated rings. The summed E-state index contributed by atoms with van der Waals surface area (Å²) in [5, 5.41) is 1.03. The van der Waals surface area contributed by atoms with Gasteiger partial charge in [-0.15, -0.1) is 11.3 Å². The molecule has 2 aromatic heterocycles. The molecular weight excluding hydrogens is 482 g/mol. The second-order valence-corrected chi connectivity index (χ2v) is 11.6. The summed E-state index contributed by atoms with van der Waals surface area (Å²) in [6, 6.07) is 10.3. The van der Waals surface area contributed by atoms with Gasteiger partial charge >= 0.3 is 0 Å². The maximum atomic E-state index is 13.6. The van der Waals surface area contributed by atoms with Gasteiger partial charge in [-0.2, -0.15) is 0 Å². The van der Waals surface area contributed by atoms with Crippen molar-refractivity contribution in [1.29, 1.82) is 0 Å². The number of hydrogen-bond acceptors (Lipinski definition) is 7. The molecule has 7 nitrogen and oxygen atoms in total. The van der Waals surface area contributed by atoms with Crippen LogP contribution >= 0.6 is 11.3 Å². The van der Waals surface area contributed by atoms with Gasteiger partial charge in [0, 0.05) is 44.9 Å². The minimum atomic E-state index is 0.134. The number of likely N-dealkylation sites (tertiary alicyclic amines) is 2. The highest BCUT2D eigenvalue weighted by Crippen LogP contribution is 2.43. The number of ether oxygens (including phenoxy) is 1. The van der Waals surface area contributed by atoms with Crippen molar-refractivity contribution >= 4 is 33.3 Å². The molecule has 1 amide bonds. The van der Waals surface area contributed by atoms with Gasteiger partial charge in [0.05, 0.1) is 12.0 Å². The minimum absolute atomic E-state index is 0.134. The molecule has 0 saturated carbocycles. The maximum absolute atomic E-state index is 13.6. The number of anilines is 1. The van der Waals surface area contributed by atoms with Crippen molar-refractivity contribution in [3.63, 3.8) is 0 Å². The lowest BCUT2D eigenvalue weighted by atomic mass is 9.97. The molecule has 37 heavy (non-hydrogen) atoms. The van der Waals surface area contributed by atoms with E-state index in [1.807, 2.05) is 23.1 Å². The number of piperidine rings is 1. The fourth-order valence-electron chi connectivity index (χ4n) is 6.01. The first-order chi connectivity index (χ1) is 18.3. The molecule has 5 heterocycles. The van der Waals surface area contributed by atoms with Crippen molar-refractivity contribution in [2.75, 3.05) is 63.9 Å². The van der Waals surface area contributed by atoms with Crippen molar-refractivity contribution in [2.24, 2.45) is 5.92 Å². The third kappa shape index (κ3) is 5.38. The average Bonchev–Trinajstić information content (AvgIpc) is 3.72. The zero-order valence-corrected chi connectivity index (χ0v) is 22.4. The molecule has 0 unspecified atom stereocenters. The van der Waals surface area contributed by atoms with Crippen LogP contribution < -0.4 is 4.90 Å². The van der Waals surface area contributed by atoms with Crippen LogP contribution in [0.15, 0.2) is 36.7 Å². The Kier molecular flexibility index (Phi) is 7.67. The summed E-state index contributed by atoms with van der Waals surface area (Å²) in [7, 11) is 0. The van der Waals surface area contributed by atoms with E-state index in [1.165, 1.54) is 37.3 Å². The highest BCUT2D eigenvalue weighted by molar-refractivity contribution is 7.21. The van der Waals surface area contributed by atoms with Crippen molar-refractivity contribution < 1.29 is 9.53 Å². The van der Waals surface area contributed by atoms with Gasteiger partial charge in [0.1, 0.15) is 21.9 Å². The summed E-state index contributed by atoms with van der Waals surface area (Å²) in [5.74, 6) is 1.69. The summed E-state index contributed by atoms with van der Waals surface area (Å²) >= 11 is 1.52. The Morgan fingerprint density at radius 2 is 1.68 bits per heavy atom. The number of carbonyl (C=O) groups excluding carboxylic acids is 1. The first kappa shape index (κ1) is 24.8. The van der Waals surface area contributed by atoms with Gasteiger partial charge in [0.2, 0.25) is 0 Å².